The van der Waals surface area contributed by atoms with Crippen molar-refractivity contribution in [3.05, 3.63) is 24.3 Å². The average molecular weight is 140 g/mol. The molecule has 2 heteroatoms. The molecule has 0 bridgehead atoms. The zero-order valence-electron chi connectivity index (χ0n) is 6.39. The number of carbonyl (C=O) groups excluding carboxylic acids is 1. The quantitative estimate of drug-likeness (QED) is 0.338. The van der Waals surface area contributed by atoms with E-state index in [2.05, 4.69) is 11.3 Å². The van der Waals surface area contributed by atoms with Crippen molar-refractivity contribution in [1.29, 1.82) is 0 Å². The van der Waals surface area contributed by atoms with E-state index in [0.29, 0.717) is 12.0 Å². The van der Waals surface area contributed by atoms with Gasteiger partial charge in [-0.15, -0.1) is 6.58 Å². The molecule has 0 aliphatic rings. The Labute approximate surface area is 61.2 Å². The summed E-state index contributed by atoms with van der Waals surface area (Å²) in [6, 6.07) is 0. The Balaban J connectivity index is 4.08. The summed E-state index contributed by atoms with van der Waals surface area (Å²) in [6.45, 7) is 5.32. The molecule has 0 spiro atoms. The normalized spacial score (nSPS) is 10.8. The maximum atomic E-state index is 10.8. The molecule has 0 fully saturated rings. The molecule has 0 N–H and O–H groups in total. The van der Waals surface area contributed by atoms with Crippen LogP contribution in [0.2, 0.25) is 0 Å². The van der Waals surface area contributed by atoms with E-state index >= 15 is 0 Å². The summed E-state index contributed by atoms with van der Waals surface area (Å²) >= 11 is 0. The average Bonchev–Trinajstić information content (AvgIpc) is 1.99. The molecular weight excluding hydrogens is 128 g/mol. The minimum atomic E-state index is -0.276. The number of carbonyl (C=O) groups is 1. The van der Waals surface area contributed by atoms with Gasteiger partial charge in [0, 0.05) is 5.57 Å². The second-order valence-electron chi connectivity index (χ2n) is 1.80. The Morgan fingerprint density at radius 2 is 2.30 bits per heavy atom. The molecule has 0 radical (unpaired) electrons. The molecule has 0 aromatic carbocycles. The van der Waals surface area contributed by atoms with Gasteiger partial charge in [0.15, 0.2) is 0 Å². The third kappa shape index (κ3) is 2.49. The van der Waals surface area contributed by atoms with Gasteiger partial charge < -0.3 is 4.74 Å². The first-order chi connectivity index (χ1) is 4.76. The number of hydrogen-bond acceptors (Lipinski definition) is 2. The van der Waals surface area contributed by atoms with E-state index in [9.17, 15) is 4.79 Å². The van der Waals surface area contributed by atoms with Crippen molar-refractivity contribution in [2.24, 2.45) is 0 Å². The van der Waals surface area contributed by atoms with Crippen LogP contribution in [0, 0.1) is 0 Å². The second kappa shape index (κ2) is 4.79. The lowest BCUT2D eigenvalue weighted by molar-refractivity contribution is -0.136. The Bertz CT molecular complexity index is 157. The number of allylic oxidation sites excluding steroid dienone is 2. The molecule has 0 aliphatic heterocycles. The van der Waals surface area contributed by atoms with Gasteiger partial charge in [-0.1, -0.05) is 12.2 Å². The zero-order valence-corrected chi connectivity index (χ0v) is 6.39. The Hall–Kier alpha value is -1.05. The second-order valence-corrected chi connectivity index (χ2v) is 1.80. The van der Waals surface area contributed by atoms with E-state index < -0.39 is 0 Å². The molecule has 0 unspecified atom stereocenters. The highest BCUT2D eigenvalue weighted by atomic mass is 16.5. The molecule has 0 heterocycles. The van der Waals surface area contributed by atoms with Crippen molar-refractivity contribution in [1.82, 2.24) is 0 Å². The van der Waals surface area contributed by atoms with E-state index in [4.69, 9.17) is 0 Å². The van der Waals surface area contributed by atoms with Gasteiger partial charge in [0.25, 0.3) is 0 Å². The van der Waals surface area contributed by atoms with E-state index in [1.54, 1.807) is 19.1 Å². The fourth-order valence-electron chi connectivity index (χ4n) is 0.606. The predicted molar refractivity (Wildman–Crippen MR) is 40.6 cm³/mol. The van der Waals surface area contributed by atoms with Gasteiger partial charge in [-0.05, 0) is 13.3 Å². The smallest absolute Gasteiger partial charge is 0.333 e. The number of hydrogen-bond donors (Lipinski definition) is 0. The fraction of sp³-hybridized carbons (Fsp3) is 0.375. The van der Waals surface area contributed by atoms with Crippen molar-refractivity contribution in [2.75, 3.05) is 7.11 Å². The van der Waals surface area contributed by atoms with Crippen molar-refractivity contribution >= 4 is 5.97 Å². The summed E-state index contributed by atoms with van der Waals surface area (Å²) in [4.78, 5) is 10.8. The number of esters is 1. The van der Waals surface area contributed by atoms with Crippen molar-refractivity contribution < 1.29 is 9.53 Å². The molecule has 0 aromatic rings. The molecule has 0 aromatic heterocycles. The van der Waals surface area contributed by atoms with Gasteiger partial charge in [0.1, 0.15) is 0 Å². The van der Waals surface area contributed by atoms with Gasteiger partial charge in [0.05, 0.1) is 7.11 Å². The molecule has 0 saturated carbocycles. The largest absolute Gasteiger partial charge is 0.466 e. The summed E-state index contributed by atoms with van der Waals surface area (Å²) in [5.74, 6) is -0.276. The van der Waals surface area contributed by atoms with Crippen LogP contribution in [0.5, 0.6) is 0 Å². The molecule has 0 atom stereocenters. The fourth-order valence-corrected chi connectivity index (χ4v) is 0.606. The van der Waals surface area contributed by atoms with Crippen LogP contribution < -0.4 is 0 Å². The topological polar surface area (TPSA) is 26.3 Å². The lowest BCUT2D eigenvalue weighted by atomic mass is 10.2. The van der Waals surface area contributed by atoms with Crippen LogP contribution >= 0.6 is 0 Å². The van der Waals surface area contributed by atoms with Crippen LogP contribution in [0.3, 0.4) is 0 Å². The SMILES string of the molecule is C=CC/C(=C\C)C(=O)OC. The van der Waals surface area contributed by atoms with Crippen molar-refractivity contribution in [3.63, 3.8) is 0 Å². The molecule has 0 saturated heterocycles. The summed E-state index contributed by atoms with van der Waals surface area (Å²) in [6.07, 6.45) is 3.98. The van der Waals surface area contributed by atoms with Crippen molar-refractivity contribution in [3.8, 4) is 0 Å². The number of ether oxygens (including phenoxy) is 1. The first-order valence-corrected chi connectivity index (χ1v) is 3.10. The lowest BCUT2D eigenvalue weighted by Crippen LogP contribution is -2.03. The highest BCUT2D eigenvalue weighted by Crippen LogP contribution is 2.02. The first-order valence-electron chi connectivity index (χ1n) is 3.10. The molecule has 0 rings (SSSR count). The zero-order chi connectivity index (χ0) is 7.98. The summed E-state index contributed by atoms with van der Waals surface area (Å²) in [5, 5.41) is 0. The minimum absolute atomic E-state index is 0.276. The Kier molecular flexibility index (Phi) is 4.29. The highest BCUT2D eigenvalue weighted by molar-refractivity contribution is 5.88. The van der Waals surface area contributed by atoms with E-state index in [0.717, 1.165) is 0 Å². The molecule has 56 valence electrons. The third-order valence-electron chi connectivity index (χ3n) is 1.16. The van der Waals surface area contributed by atoms with E-state index in [1.807, 2.05) is 0 Å². The van der Waals surface area contributed by atoms with Crippen LogP contribution in [0.4, 0.5) is 0 Å². The number of rotatable bonds is 3. The molecular formula is C8H12O2. The predicted octanol–water partition coefficient (Wildman–Crippen LogP) is 1.68. The minimum Gasteiger partial charge on any atom is -0.466 e. The van der Waals surface area contributed by atoms with Gasteiger partial charge >= 0.3 is 5.97 Å². The number of methoxy groups -OCH3 is 1. The monoisotopic (exact) mass is 140 g/mol. The van der Waals surface area contributed by atoms with Crippen LogP contribution in [-0.2, 0) is 9.53 Å². The standard InChI is InChI=1S/C8H12O2/c1-4-6-7(5-2)8(9)10-3/h4-5H,1,6H2,2-3H3/b7-5+. The lowest BCUT2D eigenvalue weighted by Gasteiger charge is -1.99. The van der Waals surface area contributed by atoms with Gasteiger partial charge in [-0.3, -0.25) is 0 Å². The van der Waals surface area contributed by atoms with E-state index in [1.165, 1.54) is 7.11 Å². The Morgan fingerprint density at radius 1 is 1.70 bits per heavy atom. The third-order valence-corrected chi connectivity index (χ3v) is 1.16. The summed E-state index contributed by atoms with van der Waals surface area (Å²) < 4.78 is 4.50. The maximum absolute atomic E-state index is 10.8. The molecule has 0 aliphatic carbocycles. The maximum Gasteiger partial charge on any atom is 0.333 e. The molecule has 2 nitrogen and oxygen atoms in total. The highest BCUT2D eigenvalue weighted by Gasteiger charge is 2.04. The van der Waals surface area contributed by atoms with E-state index in [-0.39, 0.29) is 5.97 Å². The summed E-state index contributed by atoms with van der Waals surface area (Å²) in [5.41, 5.74) is 0.650. The van der Waals surface area contributed by atoms with Crippen LogP contribution in [0.25, 0.3) is 0 Å². The van der Waals surface area contributed by atoms with Gasteiger partial charge in [-0.25, -0.2) is 4.79 Å². The van der Waals surface area contributed by atoms with Crippen molar-refractivity contribution in [2.45, 2.75) is 13.3 Å². The first kappa shape index (κ1) is 8.95. The van der Waals surface area contributed by atoms with Crippen LogP contribution in [0.15, 0.2) is 24.3 Å². The summed E-state index contributed by atoms with van der Waals surface area (Å²) in [7, 11) is 1.37. The Morgan fingerprint density at radius 3 is 2.60 bits per heavy atom. The molecule has 10 heavy (non-hydrogen) atoms. The van der Waals surface area contributed by atoms with Gasteiger partial charge in [0.2, 0.25) is 0 Å². The van der Waals surface area contributed by atoms with Gasteiger partial charge in [-0.2, -0.15) is 0 Å². The van der Waals surface area contributed by atoms with Crippen LogP contribution in [0.1, 0.15) is 13.3 Å². The van der Waals surface area contributed by atoms with Crippen LogP contribution in [-0.4, -0.2) is 13.1 Å². The molecule has 0 amide bonds.